The average Bonchev–Trinajstić information content (AvgIpc) is 2.39. The van der Waals surface area contributed by atoms with Crippen molar-refractivity contribution < 1.29 is 9.90 Å². The summed E-state index contributed by atoms with van der Waals surface area (Å²) in [7, 11) is 0. The van der Waals surface area contributed by atoms with Crippen LogP contribution in [0.4, 0.5) is 0 Å². The number of nitrogens with two attached hydrogens (primary N) is 1. The predicted octanol–water partition coefficient (Wildman–Crippen LogP) is -0.114. The number of aliphatic hydroxyl groups is 1. The summed E-state index contributed by atoms with van der Waals surface area (Å²) in [6.45, 7) is 6.44. The molecule has 0 radical (unpaired) electrons. The molecule has 5 heteroatoms. The van der Waals surface area contributed by atoms with Gasteiger partial charge in [0, 0.05) is 44.7 Å². The number of rotatable bonds is 3. The van der Waals surface area contributed by atoms with Crippen molar-refractivity contribution in [1.82, 2.24) is 9.80 Å². The second-order valence-electron chi connectivity index (χ2n) is 6.05. The van der Waals surface area contributed by atoms with Crippen molar-refractivity contribution in [1.29, 1.82) is 0 Å². The lowest BCUT2D eigenvalue weighted by atomic mass is 9.77. The third-order valence-electron chi connectivity index (χ3n) is 4.63. The van der Waals surface area contributed by atoms with Gasteiger partial charge >= 0.3 is 0 Å². The lowest BCUT2D eigenvalue weighted by Gasteiger charge is -2.39. The summed E-state index contributed by atoms with van der Waals surface area (Å²) in [4.78, 5) is 16.8. The lowest BCUT2D eigenvalue weighted by Crippen LogP contribution is -2.52. The van der Waals surface area contributed by atoms with Crippen LogP contribution < -0.4 is 5.73 Å². The molecule has 1 saturated carbocycles. The quantitative estimate of drug-likeness (QED) is 0.750. The molecule has 1 aliphatic carbocycles. The van der Waals surface area contributed by atoms with E-state index in [4.69, 9.17) is 10.8 Å². The minimum Gasteiger partial charge on any atom is -0.395 e. The molecule has 3 unspecified atom stereocenters. The molecule has 1 amide bonds. The molecule has 1 aliphatic heterocycles. The molecule has 0 aromatic carbocycles. The van der Waals surface area contributed by atoms with Crippen LogP contribution in [0.2, 0.25) is 0 Å². The van der Waals surface area contributed by atoms with Gasteiger partial charge in [-0.2, -0.15) is 0 Å². The van der Waals surface area contributed by atoms with Crippen molar-refractivity contribution in [3.8, 4) is 0 Å². The number of amides is 1. The van der Waals surface area contributed by atoms with Crippen molar-refractivity contribution in [2.24, 2.45) is 17.6 Å². The van der Waals surface area contributed by atoms with Gasteiger partial charge in [0.1, 0.15) is 0 Å². The van der Waals surface area contributed by atoms with Gasteiger partial charge in [-0.3, -0.25) is 9.69 Å². The third-order valence-corrected chi connectivity index (χ3v) is 4.63. The van der Waals surface area contributed by atoms with E-state index in [0.717, 1.165) is 52.0 Å². The molecule has 3 atom stereocenters. The zero-order chi connectivity index (χ0) is 13.8. The van der Waals surface area contributed by atoms with Gasteiger partial charge < -0.3 is 15.7 Å². The van der Waals surface area contributed by atoms with Gasteiger partial charge in [-0.1, -0.05) is 6.92 Å². The topological polar surface area (TPSA) is 69.8 Å². The van der Waals surface area contributed by atoms with E-state index in [1.165, 1.54) is 0 Å². The number of nitrogens with zero attached hydrogens (tertiary/aromatic N) is 2. The Hall–Kier alpha value is -0.650. The van der Waals surface area contributed by atoms with Gasteiger partial charge in [-0.15, -0.1) is 0 Å². The standard InChI is InChI=1S/C14H27N3O2/c1-11-10-12(15)2-3-13(11)14(19)17-6-4-16(5-7-17)8-9-18/h11-13,18H,2-10,15H2,1H3. The second-order valence-corrected chi connectivity index (χ2v) is 6.05. The Morgan fingerprint density at radius 1 is 1.26 bits per heavy atom. The largest absolute Gasteiger partial charge is 0.395 e. The number of hydrogen-bond acceptors (Lipinski definition) is 4. The monoisotopic (exact) mass is 269 g/mol. The third kappa shape index (κ3) is 3.68. The van der Waals surface area contributed by atoms with Crippen LogP contribution in [-0.4, -0.2) is 66.2 Å². The highest BCUT2D eigenvalue weighted by molar-refractivity contribution is 5.79. The van der Waals surface area contributed by atoms with E-state index in [1.807, 2.05) is 4.90 Å². The summed E-state index contributed by atoms with van der Waals surface area (Å²) in [6.07, 6.45) is 2.89. The molecule has 3 N–H and O–H groups in total. The van der Waals surface area contributed by atoms with E-state index in [-0.39, 0.29) is 18.6 Å². The molecule has 110 valence electrons. The number of β-amino-alcohol motifs (C(OH)–C–C–N with tert-alkyl or cyclic N) is 1. The number of piperazine rings is 1. The van der Waals surface area contributed by atoms with Crippen LogP contribution in [0.15, 0.2) is 0 Å². The normalized spacial score (nSPS) is 33.4. The Morgan fingerprint density at radius 3 is 2.53 bits per heavy atom. The summed E-state index contributed by atoms with van der Waals surface area (Å²) < 4.78 is 0. The molecule has 0 bridgehead atoms. The van der Waals surface area contributed by atoms with Crippen molar-refractivity contribution in [3.63, 3.8) is 0 Å². The summed E-state index contributed by atoms with van der Waals surface area (Å²) in [5.41, 5.74) is 5.96. The number of carbonyl (C=O) groups excluding carboxylic acids is 1. The molecule has 19 heavy (non-hydrogen) atoms. The number of aliphatic hydroxyl groups excluding tert-OH is 1. The van der Waals surface area contributed by atoms with Crippen LogP contribution >= 0.6 is 0 Å². The fraction of sp³-hybridized carbons (Fsp3) is 0.929. The summed E-state index contributed by atoms with van der Waals surface area (Å²) >= 11 is 0. The number of hydrogen-bond donors (Lipinski definition) is 2. The van der Waals surface area contributed by atoms with Gasteiger partial charge in [-0.25, -0.2) is 0 Å². The maximum Gasteiger partial charge on any atom is 0.226 e. The highest BCUT2D eigenvalue weighted by Gasteiger charge is 2.34. The molecule has 2 aliphatic rings. The van der Waals surface area contributed by atoms with E-state index in [9.17, 15) is 4.79 Å². The van der Waals surface area contributed by atoms with E-state index >= 15 is 0 Å². The Balaban J connectivity index is 1.84. The lowest BCUT2D eigenvalue weighted by molar-refractivity contribution is -0.140. The SMILES string of the molecule is CC1CC(N)CCC1C(=O)N1CCN(CCO)CC1. The first-order valence-electron chi connectivity index (χ1n) is 7.49. The highest BCUT2D eigenvalue weighted by atomic mass is 16.3. The van der Waals surface area contributed by atoms with Crippen LogP contribution in [-0.2, 0) is 4.79 Å². The fourth-order valence-corrected chi connectivity index (χ4v) is 3.37. The highest BCUT2D eigenvalue weighted by Crippen LogP contribution is 2.30. The maximum atomic E-state index is 12.6. The van der Waals surface area contributed by atoms with Crippen molar-refractivity contribution in [3.05, 3.63) is 0 Å². The van der Waals surface area contributed by atoms with Crippen molar-refractivity contribution in [2.45, 2.75) is 32.2 Å². The zero-order valence-electron chi connectivity index (χ0n) is 11.9. The minimum absolute atomic E-state index is 0.171. The van der Waals surface area contributed by atoms with Crippen molar-refractivity contribution in [2.75, 3.05) is 39.3 Å². The molecule has 5 nitrogen and oxygen atoms in total. The first-order valence-corrected chi connectivity index (χ1v) is 7.49. The second kappa shape index (κ2) is 6.68. The molecular weight excluding hydrogens is 242 g/mol. The molecule has 0 spiro atoms. The zero-order valence-corrected chi connectivity index (χ0v) is 11.9. The molecular formula is C14H27N3O2. The van der Waals surface area contributed by atoms with Gasteiger partial charge in [0.2, 0.25) is 5.91 Å². The molecule has 2 fully saturated rings. The average molecular weight is 269 g/mol. The first kappa shape index (κ1) is 14.8. The Bertz CT molecular complexity index is 303. The van der Waals surface area contributed by atoms with Crippen LogP contribution in [0.25, 0.3) is 0 Å². The van der Waals surface area contributed by atoms with Crippen LogP contribution in [0.3, 0.4) is 0 Å². The molecule has 0 aromatic rings. The van der Waals surface area contributed by atoms with E-state index in [2.05, 4.69) is 11.8 Å². The molecule has 1 heterocycles. The van der Waals surface area contributed by atoms with Gasteiger partial charge in [-0.05, 0) is 25.2 Å². The molecule has 0 aromatic heterocycles. The number of carbonyl (C=O) groups is 1. The predicted molar refractivity (Wildman–Crippen MR) is 74.6 cm³/mol. The first-order chi connectivity index (χ1) is 9.11. The summed E-state index contributed by atoms with van der Waals surface area (Å²) in [6, 6.07) is 0.278. The maximum absolute atomic E-state index is 12.6. The van der Waals surface area contributed by atoms with Crippen LogP contribution in [0, 0.1) is 11.8 Å². The molecule has 1 saturated heterocycles. The Morgan fingerprint density at radius 2 is 1.95 bits per heavy atom. The van der Waals surface area contributed by atoms with Gasteiger partial charge in [0.05, 0.1) is 6.61 Å². The van der Waals surface area contributed by atoms with E-state index < -0.39 is 0 Å². The van der Waals surface area contributed by atoms with E-state index in [1.54, 1.807) is 0 Å². The van der Waals surface area contributed by atoms with Crippen molar-refractivity contribution >= 4 is 5.91 Å². The van der Waals surface area contributed by atoms with Crippen LogP contribution in [0.1, 0.15) is 26.2 Å². The Kier molecular flexibility index (Phi) is 5.19. The summed E-state index contributed by atoms with van der Waals surface area (Å²) in [5, 5.41) is 8.92. The van der Waals surface area contributed by atoms with E-state index in [0.29, 0.717) is 11.8 Å². The van der Waals surface area contributed by atoms with Gasteiger partial charge in [0.15, 0.2) is 0 Å². The summed E-state index contributed by atoms with van der Waals surface area (Å²) in [5.74, 6) is 0.902. The smallest absolute Gasteiger partial charge is 0.226 e. The Labute approximate surface area is 115 Å². The van der Waals surface area contributed by atoms with Crippen LogP contribution in [0.5, 0.6) is 0 Å². The fourth-order valence-electron chi connectivity index (χ4n) is 3.37. The molecule has 2 rings (SSSR count). The van der Waals surface area contributed by atoms with Gasteiger partial charge in [0.25, 0.3) is 0 Å². The minimum atomic E-state index is 0.171.